The Morgan fingerprint density at radius 3 is 2.78 bits per heavy atom. The number of hydrogen-bond donors (Lipinski definition) is 3. The normalized spacial score (nSPS) is 22.0. The van der Waals surface area contributed by atoms with Gasteiger partial charge in [-0.25, -0.2) is 5.01 Å². The summed E-state index contributed by atoms with van der Waals surface area (Å²) in [7, 11) is 1.63. The van der Waals surface area contributed by atoms with Crippen LogP contribution < -0.4 is 11.1 Å². The summed E-state index contributed by atoms with van der Waals surface area (Å²) in [6.07, 6.45) is 2.70. The van der Waals surface area contributed by atoms with Crippen molar-refractivity contribution in [2.24, 2.45) is 16.3 Å². The summed E-state index contributed by atoms with van der Waals surface area (Å²) in [5.41, 5.74) is 6.72. The van der Waals surface area contributed by atoms with Crippen LogP contribution in [0.1, 0.15) is 32.8 Å². The standard InChI is InChI=1S/C23H30N6O3/c1-22(2,24)20(31)26-17(11-14-12-25-16-8-6-5-7-15(14)16)19(30)29-10-9-18-23(3,13-29)21(32)28(4)27-18/h5-8,12,17,25H,9-11,13,24H2,1-4H3,(H,26,31)/t17-,23?/m0/s1. The highest BCUT2D eigenvalue weighted by atomic mass is 16.2. The molecule has 0 spiro atoms. The molecule has 1 aromatic heterocycles. The fourth-order valence-corrected chi connectivity index (χ4v) is 4.48. The van der Waals surface area contributed by atoms with Crippen molar-refractivity contribution in [2.45, 2.75) is 45.2 Å². The highest BCUT2D eigenvalue weighted by Gasteiger charge is 2.50. The number of hydrazone groups is 1. The predicted molar refractivity (Wildman–Crippen MR) is 122 cm³/mol. The maximum atomic E-state index is 13.6. The van der Waals surface area contributed by atoms with E-state index in [0.29, 0.717) is 19.4 Å². The lowest BCUT2D eigenvalue weighted by molar-refractivity contribution is -0.142. The van der Waals surface area contributed by atoms with Gasteiger partial charge >= 0.3 is 0 Å². The van der Waals surface area contributed by atoms with E-state index in [1.807, 2.05) is 37.4 Å². The number of carbonyl (C=O) groups excluding carboxylic acids is 3. The molecule has 2 aromatic rings. The van der Waals surface area contributed by atoms with E-state index in [9.17, 15) is 14.4 Å². The molecule has 9 nitrogen and oxygen atoms in total. The number of H-pyrrole nitrogens is 1. The second-order valence-electron chi connectivity index (χ2n) is 9.53. The molecule has 1 aromatic carbocycles. The molecule has 4 rings (SSSR count). The fraction of sp³-hybridized carbons (Fsp3) is 0.478. The van der Waals surface area contributed by atoms with Gasteiger partial charge in [0.1, 0.15) is 11.5 Å². The molecule has 0 saturated carbocycles. The first kappa shape index (κ1) is 22.0. The average molecular weight is 439 g/mol. The summed E-state index contributed by atoms with van der Waals surface area (Å²) in [5, 5.41) is 9.56. The van der Waals surface area contributed by atoms with Gasteiger partial charge in [-0.3, -0.25) is 14.4 Å². The number of fused-ring (bicyclic) bond motifs is 2. The molecule has 9 heteroatoms. The summed E-state index contributed by atoms with van der Waals surface area (Å²) in [4.78, 5) is 43.9. The van der Waals surface area contributed by atoms with Crippen molar-refractivity contribution in [1.82, 2.24) is 20.2 Å². The topological polar surface area (TPSA) is 124 Å². The summed E-state index contributed by atoms with van der Waals surface area (Å²) in [6.45, 7) is 5.72. The van der Waals surface area contributed by atoms with Gasteiger partial charge in [-0.05, 0) is 32.4 Å². The van der Waals surface area contributed by atoms with E-state index in [0.717, 1.165) is 22.2 Å². The Bertz CT molecular complexity index is 1110. The monoisotopic (exact) mass is 438 g/mol. The Morgan fingerprint density at radius 2 is 2.06 bits per heavy atom. The van der Waals surface area contributed by atoms with E-state index in [1.54, 1.807) is 25.8 Å². The zero-order valence-corrected chi connectivity index (χ0v) is 18.9. The maximum absolute atomic E-state index is 13.6. The Morgan fingerprint density at radius 1 is 1.34 bits per heavy atom. The van der Waals surface area contributed by atoms with Crippen LogP contribution in [0.3, 0.4) is 0 Å². The molecule has 3 amide bonds. The number of carbonyl (C=O) groups is 3. The van der Waals surface area contributed by atoms with Crippen molar-refractivity contribution in [3.05, 3.63) is 36.0 Å². The number of benzene rings is 1. The van der Waals surface area contributed by atoms with Crippen LogP contribution in [0.25, 0.3) is 10.9 Å². The molecule has 1 saturated heterocycles. The zero-order chi connectivity index (χ0) is 23.3. The smallest absolute Gasteiger partial charge is 0.255 e. The number of nitrogens with one attached hydrogen (secondary N) is 2. The van der Waals surface area contributed by atoms with Gasteiger partial charge in [-0.1, -0.05) is 18.2 Å². The van der Waals surface area contributed by atoms with Gasteiger partial charge in [0, 0.05) is 50.1 Å². The van der Waals surface area contributed by atoms with Crippen molar-refractivity contribution in [1.29, 1.82) is 0 Å². The van der Waals surface area contributed by atoms with E-state index in [1.165, 1.54) is 5.01 Å². The number of para-hydroxylation sites is 1. The molecule has 1 unspecified atom stereocenters. The van der Waals surface area contributed by atoms with Crippen LogP contribution in [0.4, 0.5) is 0 Å². The molecule has 32 heavy (non-hydrogen) atoms. The first-order chi connectivity index (χ1) is 15.0. The number of aromatic nitrogens is 1. The zero-order valence-electron chi connectivity index (χ0n) is 18.9. The van der Waals surface area contributed by atoms with Gasteiger partial charge < -0.3 is 20.9 Å². The number of piperidine rings is 1. The van der Waals surface area contributed by atoms with Gasteiger partial charge in [0.05, 0.1) is 11.3 Å². The molecule has 2 atom stereocenters. The third kappa shape index (κ3) is 3.77. The van der Waals surface area contributed by atoms with Gasteiger partial charge in [0.15, 0.2) is 0 Å². The lowest BCUT2D eigenvalue weighted by atomic mass is 9.79. The molecular formula is C23H30N6O3. The average Bonchev–Trinajstić information content (AvgIpc) is 3.25. The summed E-state index contributed by atoms with van der Waals surface area (Å²) < 4.78 is 0. The first-order valence-electron chi connectivity index (χ1n) is 10.8. The predicted octanol–water partition coefficient (Wildman–Crippen LogP) is 0.999. The molecule has 3 heterocycles. The molecular weight excluding hydrogens is 408 g/mol. The van der Waals surface area contributed by atoms with Gasteiger partial charge in [-0.15, -0.1) is 0 Å². The maximum Gasteiger partial charge on any atom is 0.255 e. The number of hydrogen-bond acceptors (Lipinski definition) is 5. The minimum atomic E-state index is -1.13. The number of likely N-dealkylation sites (tertiary alicyclic amines) is 1. The van der Waals surface area contributed by atoms with Crippen LogP contribution in [-0.4, -0.2) is 70.0 Å². The van der Waals surface area contributed by atoms with E-state index in [4.69, 9.17) is 5.73 Å². The van der Waals surface area contributed by atoms with Crippen molar-refractivity contribution in [2.75, 3.05) is 20.1 Å². The Kier molecular flexibility index (Phi) is 5.32. The summed E-state index contributed by atoms with van der Waals surface area (Å²) >= 11 is 0. The highest BCUT2D eigenvalue weighted by molar-refractivity contribution is 6.13. The van der Waals surface area contributed by atoms with Crippen LogP contribution in [0.2, 0.25) is 0 Å². The van der Waals surface area contributed by atoms with Gasteiger partial charge in [0.25, 0.3) is 5.91 Å². The molecule has 0 aliphatic carbocycles. The minimum Gasteiger partial charge on any atom is -0.361 e. The van der Waals surface area contributed by atoms with Crippen LogP contribution in [0.15, 0.2) is 35.6 Å². The number of rotatable bonds is 5. The summed E-state index contributed by atoms with van der Waals surface area (Å²) in [5.74, 6) is -0.751. The van der Waals surface area contributed by atoms with Crippen LogP contribution >= 0.6 is 0 Å². The van der Waals surface area contributed by atoms with Crippen molar-refractivity contribution >= 4 is 34.3 Å². The molecule has 0 radical (unpaired) electrons. The lowest BCUT2D eigenvalue weighted by Crippen LogP contribution is -2.60. The third-order valence-electron chi connectivity index (χ3n) is 6.40. The largest absolute Gasteiger partial charge is 0.361 e. The fourth-order valence-electron chi connectivity index (χ4n) is 4.48. The summed E-state index contributed by atoms with van der Waals surface area (Å²) in [6, 6.07) is 7.02. The van der Waals surface area contributed by atoms with E-state index in [2.05, 4.69) is 15.4 Å². The second kappa shape index (κ2) is 7.74. The van der Waals surface area contributed by atoms with Crippen molar-refractivity contribution in [3.63, 3.8) is 0 Å². The number of nitrogens with two attached hydrogens (primary N) is 1. The van der Waals surface area contributed by atoms with E-state index < -0.39 is 22.9 Å². The van der Waals surface area contributed by atoms with Crippen LogP contribution in [-0.2, 0) is 20.8 Å². The van der Waals surface area contributed by atoms with Gasteiger partial charge in [0.2, 0.25) is 11.8 Å². The van der Waals surface area contributed by atoms with E-state index in [-0.39, 0.29) is 18.4 Å². The van der Waals surface area contributed by atoms with Crippen LogP contribution in [0.5, 0.6) is 0 Å². The van der Waals surface area contributed by atoms with Gasteiger partial charge in [-0.2, -0.15) is 5.10 Å². The number of nitrogens with zero attached hydrogens (tertiary/aromatic N) is 3. The number of amides is 3. The van der Waals surface area contributed by atoms with Crippen LogP contribution in [0, 0.1) is 5.41 Å². The Hall–Kier alpha value is -3.20. The molecule has 170 valence electrons. The molecule has 2 aliphatic rings. The minimum absolute atomic E-state index is 0.120. The molecule has 0 bridgehead atoms. The SMILES string of the molecule is CN1N=C2CCN(C(=O)[C@H](Cc3c[nH]c4ccccc34)NC(=O)C(C)(C)N)CC2(C)C1=O. The second-order valence-corrected chi connectivity index (χ2v) is 9.53. The Balaban J connectivity index is 1.61. The highest BCUT2D eigenvalue weighted by Crippen LogP contribution is 2.34. The first-order valence-corrected chi connectivity index (χ1v) is 10.8. The Labute approximate surface area is 187 Å². The molecule has 4 N–H and O–H groups in total. The quantitative estimate of drug-likeness (QED) is 0.644. The van der Waals surface area contributed by atoms with Crippen molar-refractivity contribution in [3.8, 4) is 0 Å². The van der Waals surface area contributed by atoms with Crippen molar-refractivity contribution < 1.29 is 14.4 Å². The third-order valence-corrected chi connectivity index (χ3v) is 6.40. The number of aromatic amines is 1. The van der Waals surface area contributed by atoms with E-state index >= 15 is 0 Å². The lowest BCUT2D eigenvalue weighted by Gasteiger charge is -2.38. The molecule has 2 aliphatic heterocycles. The molecule has 1 fully saturated rings.